The van der Waals surface area contributed by atoms with Gasteiger partial charge in [0, 0.05) is 6.07 Å². The maximum absolute atomic E-state index is 6.01. The number of hydrogen-bond acceptors (Lipinski definition) is 6. The van der Waals surface area contributed by atoms with Crippen LogP contribution < -0.4 is 9.47 Å². The van der Waals surface area contributed by atoms with Crippen molar-refractivity contribution in [2.24, 2.45) is 10.2 Å². The van der Waals surface area contributed by atoms with Crippen LogP contribution >= 0.6 is 11.6 Å². The van der Waals surface area contributed by atoms with Crippen LogP contribution in [0, 0.1) is 6.92 Å². The third-order valence-electron chi connectivity index (χ3n) is 3.65. The Morgan fingerprint density at radius 2 is 1.80 bits per heavy atom. The standard InChI is InChI=1S/C18H17ClN4O2/c1-11-5-4-6-12(7-11)10-20-23-17-13-8-15(24-2)16(25-3)9-14(13)21-18(19)22-17/h4-9H,10H2,1-3H3. The average Bonchev–Trinajstić information content (AvgIpc) is 2.60. The minimum Gasteiger partial charge on any atom is -0.493 e. The van der Waals surface area contributed by atoms with Crippen molar-refractivity contribution in [1.82, 2.24) is 9.97 Å². The molecule has 7 heteroatoms. The molecule has 128 valence electrons. The second-order valence-corrected chi connectivity index (χ2v) is 5.77. The fourth-order valence-corrected chi connectivity index (χ4v) is 2.65. The van der Waals surface area contributed by atoms with Gasteiger partial charge in [0.1, 0.15) is 0 Å². The Hall–Kier alpha value is -2.73. The molecule has 0 radical (unpaired) electrons. The fraction of sp³-hybridized carbons (Fsp3) is 0.222. The van der Waals surface area contributed by atoms with Gasteiger partial charge in [-0.1, -0.05) is 29.8 Å². The number of fused-ring (bicyclic) bond motifs is 1. The summed E-state index contributed by atoms with van der Waals surface area (Å²) in [6, 6.07) is 11.6. The summed E-state index contributed by atoms with van der Waals surface area (Å²) in [4.78, 5) is 8.39. The Morgan fingerprint density at radius 3 is 2.52 bits per heavy atom. The predicted molar refractivity (Wildman–Crippen MR) is 97.1 cm³/mol. The summed E-state index contributed by atoms with van der Waals surface area (Å²) in [6.45, 7) is 2.50. The summed E-state index contributed by atoms with van der Waals surface area (Å²) < 4.78 is 10.6. The quantitative estimate of drug-likeness (QED) is 0.482. The maximum atomic E-state index is 6.01. The first-order chi connectivity index (χ1) is 12.1. The largest absolute Gasteiger partial charge is 0.493 e. The van der Waals surface area contributed by atoms with E-state index in [1.54, 1.807) is 26.4 Å². The summed E-state index contributed by atoms with van der Waals surface area (Å²) >= 11 is 6.01. The summed E-state index contributed by atoms with van der Waals surface area (Å²) in [6.07, 6.45) is 0. The van der Waals surface area contributed by atoms with E-state index in [9.17, 15) is 0 Å². The third-order valence-corrected chi connectivity index (χ3v) is 3.82. The molecule has 3 rings (SSSR count). The van der Waals surface area contributed by atoms with Gasteiger partial charge in [-0.25, -0.2) is 4.98 Å². The van der Waals surface area contributed by atoms with Crippen LogP contribution in [0.5, 0.6) is 11.5 Å². The summed E-state index contributed by atoms with van der Waals surface area (Å²) in [5.74, 6) is 1.52. The van der Waals surface area contributed by atoms with E-state index in [-0.39, 0.29) is 5.28 Å². The molecule has 0 aliphatic heterocycles. The number of halogens is 1. The van der Waals surface area contributed by atoms with Crippen molar-refractivity contribution < 1.29 is 9.47 Å². The highest BCUT2D eigenvalue weighted by Crippen LogP contribution is 2.35. The van der Waals surface area contributed by atoms with E-state index >= 15 is 0 Å². The normalized spacial score (nSPS) is 11.2. The van der Waals surface area contributed by atoms with Crippen LogP contribution in [0.2, 0.25) is 5.28 Å². The highest BCUT2D eigenvalue weighted by Gasteiger charge is 2.12. The zero-order valence-corrected chi connectivity index (χ0v) is 14.9. The molecule has 0 spiro atoms. The highest BCUT2D eigenvalue weighted by molar-refractivity contribution is 6.28. The highest BCUT2D eigenvalue weighted by atomic mass is 35.5. The number of aromatic nitrogens is 2. The van der Waals surface area contributed by atoms with Crippen molar-refractivity contribution >= 4 is 28.3 Å². The van der Waals surface area contributed by atoms with E-state index in [0.717, 1.165) is 5.56 Å². The van der Waals surface area contributed by atoms with Gasteiger partial charge < -0.3 is 9.47 Å². The lowest BCUT2D eigenvalue weighted by molar-refractivity contribution is 0.356. The number of methoxy groups -OCH3 is 2. The van der Waals surface area contributed by atoms with Crippen molar-refractivity contribution in [1.29, 1.82) is 0 Å². The van der Waals surface area contributed by atoms with E-state index in [1.807, 2.05) is 25.1 Å². The molecule has 3 aromatic rings. The molecule has 6 nitrogen and oxygen atoms in total. The molecule has 0 aliphatic rings. The van der Waals surface area contributed by atoms with Gasteiger partial charge in [-0.15, -0.1) is 5.11 Å². The zero-order valence-electron chi connectivity index (χ0n) is 14.2. The van der Waals surface area contributed by atoms with Crippen molar-refractivity contribution in [2.45, 2.75) is 13.5 Å². The van der Waals surface area contributed by atoms with Gasteiger partial charge in [0.25, 0.3) is 0 Å². The van der Waals surface area contributed by atoms with E-state index < -0.39 is 0 Å². The minimum absolute atomic E-state index is 0.101. The van der Waals surface area contributed by atoms with E-state index in [2.05, 4.69) is 26.3 Å². The molecule has 1 aromatic heterocycles. The van der Waals surface area contributed by atoms with Gasteiger partial charge in [0.2, 0.25) is 5.28 Å². The first-order valence-corrected chi connectivity index (χ1v) is 8.01. The van der Waals surface area contributed by atoms with Crippen molar-refractivity contribution in [3.05, 3.63) is 52.8 Å². The summed E-state index contributed by atoms with van der Waals surface area (Å²) in [7, 11) is 3.13. The third kappa shape index (κ3) is 3.85. The van der Waals surface area contributed by atoms with Gasteiger partial charge in [-0.2, -0.15) is 10.1 Å². The van der Waals surface area contributed by atoms with Crippen LogP contribution in [-0.4, -0.2) is 24.2 Å². The van der Waals surface area contributed by atoms with E-state index in [1.165, 1.54) is 5.56 Å². The molecule has 0 N–H and O–H groups in total. The molecule has 2 aromatic carbocycles. The Kier molecular flexibility index (Phi) is 5.09. The van der Waals surface area contributed by atoms with E-state index in [0.29, 0.717) is 34.8 Å². The Bertz CT molecular complexity index is 944. The topological polar surface area (TPSA) is 69.0 Å². The molecule has 1 heterocycles. The SMILES string of the molecule is COc1cc2nc(Cl)nc(N=NCc3cccc(C)c3)c2cc1OC. The van der Waals surface area contributed by atoms with Crippen LogP contribution in [-0.2, 0) is 6.54 Å². The Morgan fingerprint density at radius 1 is 1.04 bits per heavy atom. The number of rotatable bonds is 5. The predicted octanol–water partition coefficient (Wildman–Crippen LogP) is 4.89. The lowest BCUT2D eigenvalue weighted by Gasteiger charge is -2.09. The van der Waals surface area contributed by atoms with Gasteiger partial charge in [-0.3, -0.25) is 0 Å². The maximum Gasteiger partial charge on any atom is 0.225 e. The zero-order chi connectivity index (χ0) is 17.8. The minimum atomic E-state index is 0.101. The molecule has 0 amide bonds. The van der Waals surface area contributed by atoms with Gasteiger partial charge in [0.15, 0.2) is 17.3 Å². The van der Waals surface area contributed by atoms with Crippen LogP contribution in [0.15, 0.2) is 46.6 Å². The van der Waals surface area contributed by atoms with Gasteiger partial charge in [-0.05, 0) is 30.2 Å². The number of ether oxygens (including phenoxy) is 2. The van der Waals surface area contributed by atoms with Crippen molar-refractivity contribution in [2.75, 3.05) is 14.2 Å². The Balaban J connectivity index is 1.98. The molecule has 0 aliphatic carbocycles. The summed E-state index contributed by atoms with van der Waals surface area (Å²) in [5.41, 5.74) is 2.87. The van der Waals surface area contributed by atoms with Gasteiger partial charge in [0.05, 0.1) is 31.7 Å². The summed E-state index contributed by atoms with van der Waals surface area (Å²) in [5, 5.41) is 9.28. The van der Waals surface area contributed by atoms with Crippen molar-refractivity contribution in [3.8, 4) is 11.5 Å². The molecule has 25 heavy (non-hydrogen) atoms. The molecule has 0 bridgehead atoms. The molecule has 0 saturated carbocycles. The van der Waals surface area contributed by atoms with E-state index in [4.69, 9.17) is 21.1 Å². The van der Waals surface area contributed by atoms with Gasteiger partial charge >= 0.3 is 0 Å². The van der Waals surface area contributed by atoms with Crippen LogP contribution in [0.25, 0.3) is 10.9 Å². The fourth-order valence-electron chi connectivity index (χ4n) is 2.48. The number of hydrogen-bond donors (Lipinski definition) is 0. The van der Waals surface area contributed by atoms with Crippen LogP contribution in [0.1, 0.15) is 11.1 Å². The number of benzene rings is 2. The molecule has 0 saturated heterocycles. The number of aryl methyl sites for hydroxylation is 1. The molecule has 0 atom stereocenters. The lowest BCUT2D eigenvalue weighted by atomic mass is 10.1. The number of nitrogens with zero attached hydrogens (tertiary/aromatic N) is 4. The first kappa shape index (κ1) is 17.1. The first-order valence-electron chi connectivity index (χ1n) is 7.63. The van der Waals surface area contributed by atoms with Crippen molar-refractivity contribution in [3.63, 3.8) is 0 Å². The second kappa shape index (κ2) is 7.44. The molecule has 0 fully saturated rings. The average molecular weight is 357 g/mol. The monoisotopic (exact) mass is 356 g/mol. The lowest BCUT2D eigenvalue weighted by Crippen LogP contribution is -1.93. The number of azo groups is 1. The van der Waals surface area contributed by atoms with Crippen LogP contribution in [0.4, 0.5) is 5.82 Å². The molecule has 0 unspecified atom stereocenters. The smallest absolute Gasteiger partial charge is 0.225 e. The molecular weight excluding hydrogens is 340 g/mol. The second-order valence-electron chi connectivity index (χ2n) is 5.43. The van der Waals surface area contributed by atoms with Crippen LogP contribution in [0.3, 0.4) is 0 Å². The molecular formula is C18H17ClN4O2. The Labute approximate surface area is 150 Å².